The first-order valence-corrected chi connectivity index (χ1v) is 5.07. The van der Waals surface area contributed by atoms with Gasteiger partial charge in [0.05, 0.1) is 12.2 Å². The molecule has 0 spiro atoms. The van der Waals surface area contributed by atoms with Crippen LogP contribution in [-0.4, -0.2) is 16.6 Å². The number of pyridine rings is 1. The van der Waals surface area contributed by atoms with Crippen molar-refractivity contribution >= 4 is 0 Å². The second kappa shape index (κ2) is 4.75. The number of rotatable bonds is 4. The van der Waals surface area contributed by atoms with Crippen molar-refractivity contribution in [3.63, 3.8) is 0 Å². The Morgan fingerprint density at radius 2 is 2.27 bits per heavy atom. The monoisotopic (exact) mass is 201 g/mol. The minimum Gasteiger partial charge on any atom is -0.348 e. The Morgan fingerprint density at radius 3 is 3.00 bits per heavy atom. The van der Waals surface area contributed by atoms with Crippen molar-refractivity contribution in [2.45, 2.75) is 13.1 Å². The Morgan fingerprint density at radius 1 is 1.33 bits per heavy atom. The van der Waals surface area contributed by atoms with Crippen molar-refractivity contribution in [3.05, 3.63) is 54.1 Å². The van der Waals surface area contributed by atoms with E-state index in [1.165, 1.54) is 5.56 Å². The van der Waals surface area contributed by atoms with Crippen LogP contribution >= 0.6 is 0 Å². The van der Waals surface area contributed by atoms with Crippen molar-refractivity contribution in [2.24, 2.45) is 0 Å². The first-order valence-electron chi connectivity index (χ1n) is 5.07. The molecule has 0 unspecified atom stereocenters. The van der Waals surface area contributed by atoms with E-state index in [1.54, 1.807) is 0 Å². The van der Waals surface area contributed by atoms with Gasteiger partial charge < -0.3 is 9.88 Å². The molecule has 78 valence electrons. The molecule has 0 aromatic carbocycles. The summed E-state index contributed by atoms with van der Waals surface area (Å²) in [5.74, 6) is 0. The lowest BCUT2D eigenvalue weighted by atomic mass is 10.3. The average molecular weight is 201 g/mol. The van der Waals surface area contributed by atoms with E-state index in [-0.39, 0.29) is 0 Å². The van der Waals surface area contributed by atoms with Gasteiger partial charge in [0.15, 0.2) is 0 Å². The minimum absolute atomic E-state index is 0.838. The first kappa shape index (κ1) is 9.93. The van der Waals surface area contributed by atoms with E-state index < -0.39 is 0 Å². The van der Waals surface area contributed by atoms with Gasteiger partial charge in [0.1, 0.15) is 0 Å². The fourth-order valence-corrected chi connectivity index (χ4v) is 1.58. The molecule has 0 fully saturated rings. The number of hydrogen-bond acceptors (Lipinski definition) is 2. The molecular formula is C12H15N3. The van der Waals surface area contributed by atoms with Gasteiger partial charge in [-0.2, -0.15) is 0 Å². The van der Waals surface area contributed by atoms with Crippen molar-refractivity contribution < 1.29 is 0 Å². The molecule has 3 heteroatoms. The summed E-state index contributed by atoms with van der Waals surface area (Å²) in [6, 6.07) is 8.11. The van der Waals surface area contributed by atoms with Gasteiger partial charge in [0, 0.05) is 25.1 Å². The van der Waals surface area contributed by atoms with Crippen LogP contribution in [0.3, 0.4) is 0 Å². The summed E-state index contributed by atoms with van der Waals surface area (Å²) < 4.78 is 2.15. The molecule has 1 N–H and O–H groups in total. The largest absolute Gasteiger partial charge is 0.348 e. The molecular weight excluding hydrogens is 186 g/mol. The molecule has 2 aromatic heterocycles. The molecule has 0 bridgehead atoms. The topological polar surface area (TPSA) is 29.9 Å². The van der Waals surface area contributed by atoms with Crippen LogP contribution in [-0.2, 0) is 13.1 Å². The molecule has 0 saturated carbocycles. The Kier molecular flexibility index (Phi) is 3.15. The van der Waals surface area contributed by atoms with E-state index in [2.05, 4.69) is 33.3 Å². The van der Waals surface area contributed by atoms with Crippen LogP contribution in [0.2, 0.25) is 0 Å². The number of hydrogen-bond donors (Lipinski definition) is 1. The zero-order chi connectivity index (χ0) is 10.5. The van der Waals surface area contributed by atoms with Gasteiger partial charge in [0.2, 0.25) is 0 Å². The van der Waals surface area contributed by atoms with E-state index in [0.29, 0.717) is 0 Å². The van der Waals surface area contributed by atoms with Gasteiger partial charge in [-0.05, 0) is 30.8 Å². The van der Waals surface area contributed by atoms with E-state index in [4.69, 9.17) is 0 Å². The van der Waals surface area contributed by atoms with Crippen molar-refractivity contribution in [2.75, 3.05) is 7.05 Å². The SMILES string of the molecule is CNCc1ccn(Cc2ccccn2)c1. The van der Waals surface area contributed by atoms with E-state index >= 15 is 0 Å². The smallest absolute Gasteiger partial charge is 0.0642 e. The summed E-state index contributed by atoms with van der Waals surface area (Å²) in [6.07, 6.45) is 6.06. The number of aromatic nitrogens is 2. The highest BCUT2D eigenvalue weighted by Gasteiger charge is 1.97. The number of nitrogens with one attached hydrogen (secondary N) is 1. The van der Waals surface area contributed by atoms with Crippen molar-refractivity contribution in [1.82, 2.24) is 14.9 Å². The zero-order valence-corrected chi connectivity index (χ0v) is 8.85. The summed E-state index contributed by atoms with van der Waals surface area (Å²) in [7, 11) is 1.95. The molecule has 0 radical (unpaired) electrons. The van der Waals surface area contributed by atoms with Crippen molar-refractivity contribution in [3.8, 4) is 0 Å². The van der Waals surface area contributed by atoms with E-state index in [9.17, 15) is 0 Å². The molecule has 15 heavy (non-hydrogen) atoms. The van der Waals surface area contributed by atoms with Crippen LogP contribution in [0.15, 0.2) is 42.9 Å². The second-order valence-electron chi connectivity index (χ2n) is 3.54. The quantitative estimate of drug-likeness (QED) is 0.815. The Bertz CT molecular complexity index is 406. The normalized spacial score (nSPS) is 10.5. The van der Waals surface area contributed by atoms with Crippen LogP contribution < -0.4 is 5.32 Å². The van der Waals surface area contributed by atoms with Crippen LogP contribution in [0, 0.1) is 0 Å². The fraction of sp³-hybridized carbons (Fsp3) is 0.250. The van der Waals surface area contributed by atoms with Crippen LogP contribution in [0.5, 0.6) is 0 Å². The highest BCUT2D eigenvalue weighted by molar-refractivity contribution is 5.12. The minimum atomic E-state index is 0.838. The van der Waals surface area contributed by atoms with Gasteiger partial charge in [-0.25, -0.2) is 0 Å². The van der Waals surface area contributed by atoms with Crippen LogP contribution in [0.4, 0.5) is 0 Å². The van der Waals surface area contributed by atoms with Crippen LogP contribution in [0.25, 0.3) is 0 Å². The van der Waals surface area contributed by atoms with Crippen molar-refractivity contribution in [1.29, 1.82) is 0 Å². The van der Waals surface area contributed by atoms with Gasteiger partial charge in [-0.3, -0.25) is 4.98 Å². The molecule has 0 aliphatic heterocycles. The molecule has 2 heterocycles. The molecule has 0 amide bonds. The maximum atomic E-state index is 4.29. The highest BCUT2D eigenvalue weighted by atomic mass is 15.0. The number of nitrogens with zero attached hydrogens (tertiary/aromatic N) is 2. The lowest BCUT2D eigenvalue weighted by molar-refractivity contribution is 0.766. The summed E-state index contributed by atoms with van der Waals surface area (Å²) in [5.41, 5.74) is 2.39. The molecule has 2 rings (SSSR count). The third-order valence-electron chi connectivity index (χ3n) is 2.26. The van der Waals surface area contributed by atoms with Gasteiger partial charge in [-0.15, -0.1) is 0 Å². The Balaban J connectivity index is 2.05. The fourth-order valence-electron chi connectivity index (χ4n) is 1.58. The predicted octanol–water partition coefficient (Wildman–Crippen LogP) is 1.65. The lowest BCUT2D eigenvalue weighted by Gasteiger charge is -2.01. The molecule has 3 nitrogen and oxygen atoms in total. The summed E-state index contributed by atoms with van der Waals surface area (Å²) in [4.78, 5) is 4.29. The Labute approximate surface area is 89.8 Å². The first-order chi connectivity index (χ1) is 7.38. The highest BCUT2D eigenvalue weighted by Crippen LogP contribution is 2.04. The van der Waals surface area contributed by atoms with Gasteiger partial charge in [-0.1, -0.05) is 6.07 Å². The summed E-state index contributed by atoms with van der Waals surface area (Å²) >= 11 is 0. The third kappa shape index (κ3) is 2.67. The maximum absolute atomic E-state index is 4.29. The predicted molar refractivity (Wildman–Crippen MR) is 60.5 cm³/mol. The second-order valence-corrected chi connectivity index (χ2v) is 3.54. The molecule has 0 aliphatic carbocycles. The van der Waals surface area contributed by atoms with E-state index in [0.717, 1.165) is 18.8 Å². The zero-order valence-electron chi connectivity index (χ0n) is 8.85. The Hall–Kier alpha value is -1.61. The summed E-state index contributed by atoms with van der Waals surface area (Å²) in [5, 5.41) is 3.13. The van der Waals surface area contributed by atoms with Gasteiger partial charge >= 0.3 is 0 Å². The van der Waals surface area contributed by atoms with Crippen LogP contribution in [0.1, 0.15) is 11.3 Å². The molecule has 0 atom stereocenters. The third-order valence-corrected chi connectivity index (χ3v) is 2.26. The molecule has 2 aromatic rings. The standard InChI is InChI=1S/C12H15N3/c1-13-8-11-5-7-15(9-11)10-12-4-2-3-6-14-12/h2-7,9,13H,8,10H2,1H3. The van der Waals surface area contributed by atoms with Gasteiger partial charge in [0.25, 0.3) is 0 Å². The molecule has 0 saturated heterocycles. The van der Waals surface area contributed by atoms with E-state index in [1.807, 2.05) is 31.4 Å². The average Bonchev–Trinajstić information content (AvgIpc) is 2.68. The maximum Gasteiger partial charge on any atom is 0.0642 e. The molecule has 0 aliphatic rings. The lowest BCUT2D eigenvalue weighted by Crippen LogP contribution is -2.04. The summed E-state index contributed by atoms with van der Waals surface area (Å²) in [6.45, 7) is 1.75.